The molecule has 1 amide bonds. The highest BCUT2D eigenvalue weighted by atomic mass is 16.6. The third kappa shape index (κ3) is 4.35. The van der Waals surface area contributed by atoms with Gasteiger partial charge in [-0.3, -0.25) is 0 Å². The van der Waals surface area contributed by atoms with Crippen molar-refractivity contribution in [2.24, 2.45) is 5.41 Å². The normalized spacial score (nSPS) is 22.7. The predicted octanol–water partition coefficient (Wildman–Crippen LogP) is 1.75. The van der Waals surface area contributed by atoms with E-state index in [-0.39, 0.29) is 18.1 Å². The quantitative estimate of drug-likeness (QED) is 0.825. The summed E-state index contributed by atoms with van der Waals surface area (Å²) >= 11 is 0. The maximum absolute atomic E-state index is 11.9. The van der Waals surface area contributed by atoms with Gasteiger partial charge in [0.15, 0.2) is 0 Å². The van der Waals surface area contributed by atoms with Crippen LogP contribution in [0.2, 0.25) is 0 Å². The first kappa shape index (κ1) is 15.6. The molecule has 0 aromatic heterocycles. The van der Waals surface area contributed by atoms with Gasteiger partial charge in [-0.15, -0.1) is 0 Å². The van der Waals surface area contributed by atoms with E-state index in [1.54, 1.807) is 4.90 Å². The molecule has 1 aliphatic carbocycles. The van der Waals surface area contributed by atoms with Gasteiger partial charge in [-0.2, -0.15) is 0 Å². The molecule has 20 heavy (non-hydrogen) atoms. The van der Waals surface area contributed by atoms with E-state index >= 15 is 0 Å². The highest BCUT2D eigenvalue weighted by Gasteiger charge is 2.42. The molecule has 1 saturated heterocycles. The van der Waals surface area contributed by atoms with Gasteiger partial charge in [0, 0.05) is 37.7 Å². The zero-order valence-corrected chi connectivity index (χ0v) is 12.9. The minimum absolute atomic E-state index is 0.155. The maximum Gasteiger partial charge on any atom is 0.410 e. The Morgan fingerprint density at radius 2 is 1.95 bits per heavy atom. The van der Waals surface area contributed by atoms with Gasteiger partial charge in [0.2, 0.25) is 0 Å². The summed E-state index contributed by atoms with van der Waals surface area (Å²) in [4.78, 5) is 13.7. The number of carbonyl (C=O) groups excluding carboxylic acids is 1. The number of aliphatic hydroxyl groups excluding tert-OH is 1. The van der Waals surface area contributed by atoms with E-state index in [1.807, 2.05) is 20.8 Å². The van der Waals surface area contributed by atoms with E-state index in [0.717, 1.165) is 45.3 Å². The summed E-state index contributed by atoms with van der Waals surface area (Å²) < 4.78 is 5.39. The molecular weight excluding hydrogens is 256 g/mol. The second-order valence-corrected chi connectivity index (χ2v) is 7.28. The summed E-state index contributed by atoms with van der Waals surface area (Å²) in [5.41, 5.74) is -0.270. The van der Waals surface area contributed by atoms with E-state index in [0.29, 0.717) is 6.04 Å². The fraction of sp³-hybridized carbons (Fsp3) is 0.933. The second kappa shape index (κ2) is 5.90. The van der Waals surface area contributed by atoms with E-state index in [9.17, 15) is 9.90 Å². The SMILES string of the molecule is CC(C)(C)OC(=O)N1CCC(NCC2(CO)CC2)CC1. The summed E-state index contributed by atoms with van der Waals surface area (Å²) in [6.45, 7) is 8.37. The molecule has 1 aliphatic heterocycles. The molecule has 5 heteroatoms. The lowest BCUT2D eigenvalue weighted by molar-refractivity contribution is 0.0196. The van der Waals surface area contributed by atoms with Crippen LogP contribution >= 0.6 is 0 Å². The Labute approximate surface area is 121 Å². The smallest absolute Gasteiger partial charge is 0.410 e. The molecule has 0 unspecified atom stereocenters. The molecule has 116 valence electrons. The minimum atomic E-state index is -0.425. The van der Waals surface area contributed by atoms with E-state index in [4.69, 9.17) is 4.74 Å². The molecule has 2 aliphatic rings. The van der Waals surface area contributed by atoms with Crippen molar-refractivity contribution in [3.05, 3.63) is 0 Å². The van der Waals surface area contributed by atoms with Crippen molar-refractivity contribution in [2.45, 2.75) is 58.1 Å². The van der Waals surface area contributed by atoms with Crippen molar-refractivity contribution in [2.75, 3.05) is 26.2 Å². The fourth-order valence-corrected chi connectivity index (χ4v) is 2.52. The standard InChI is InChI=1S/C15H28N2O3/c1-14(2,3)20-13(19)17-8-4-12(5-9-17)16-10-15(11-18)6-7-15/h12,16,18H,4-11H2,1-3H3. The van der Waals surface area contributed by atoms with Crippen LogP contribution in [0.1, 0.15) is 46.5 Å². The number of amides is 1. The molecule has 0 atom stereocenters. The lowest BCUT2D eigenvalue weighted by Crippen LogP contribution is -2.47. The van der Waals surface area contributed by atoms with Crippen molar-refractivity contribution < 1.29 is 14.6 Å². The number of carbonyl (C=O) groups is 1. The van der Waals surface area contributed by atoms with E-state index in [2.05, 4.69) is 5.32 Å². The molecule has 1 heterocycles. The number of ether oxygens (including phenoxy) is 1. The monoisotopic (exact) mass is 284 g/mol. The Bertz CT molecular complexity index is 340. The van der Waals surface area contributed by atoms with Crippen LogP contribution in [0, 0.1) is 5.41 Å². The lowest BCUT2D eigenvalue weighted by atomic mass is 10.0. The third-order valence-corrected chi connectivity index (χ3v) is 4.20. The van der Waals surface area contributed by atoms with Gasteiger partial charge in [-0.1, -0.05) is 0 Å². The first-order valence-corrected chi connectivity index (χ1v) is 7.66. The second-order valence-electron chi connectivity index (χ2n) is 7.28. The fourth-order valence-electron chi connectivity index (χ4n) is 2.52. The molecule has 2 N–H and O–H groups in total. The van der Waals surface area contributed by atoms with Crippen LogP contribution in [0.3, 0.4) is 0 Å². The molecule has 0 radical (unpaired) electrons. The van der Waals surface area contributed by atoms with Gasteiger partial charge in [-0.05, 0) is 46.5 Å². The summed E-state index contributed by atoms with van der Waals surface area (Å²) in [5, 5.41) is 12.8. The summed E-state index contributed by atoms with van der Waals surface area (Å²) in [6.07, 6.45) is 3.98. The Hall–Kier alpha value is -0.810. The average Bonchev–Trinajstić information content (AvgIpc) is 3.16. The molecule has 2 rings (SSSR count). The molecular formula is C15H28N2O3. The Kier molecular flexibility index (Phi) is 4.59. The average molecular weight is 284 g/mol. The summed E-state index contributed by atoms with van der Waals surface area (Å²) in [7, 11) is 0. The lowest BCUT2D eigenvalue weighted by Gasteiger charge is -2.34. The number of likely N-dealkylation sites (tertiary alicyclic amines) is 1. The maximum atomic E-state index is 11.9. The predicted molar refractivity (Wildman–Crippen MR) is 77.6 cm³/mol. The molecule has 1 saturated carbocycles. The number of hydrogen-bond acceptors (Lipinski definition) is 4. The number of aliphatic hydroxyl groups is 1. The van der Waals surface area contributed by atoms with Gasteiger partial charge in [-0.25, -0.2) is 4.79 Å². The Morgan fingerprint density at radius 1 is 1.35 bits per heavy atom. The van der Waals surface area contributed by atoms with Crippen molar-refractivity contribution in [3.63, 3.8) is 0 Å². The topological polar surface area (TPSA) is 61.8 Å². The van der Waals surface area contributed by atoms with Crippen LogP contribution in [-0.2, 0) is 4.74 Å². The molecule has 0 aromatic carbocycles. The van der Waals surface area contributed by atoms with Gasteiger partial charge in [0.25, 0.3) is 0 Å². The minimum Gasteiger partial charge on any atom is -0.444 e. The number of piperidine rings is 1. The molecule has 0 bridgehead atoms. The summed E-state index contributed by atoms with van der Waals surface area (Å²) in [5.74, 6) is 0. The van der Waals surface area contributed by atoms with Crippen molar-refractivity contribution in [1.82, 2.24) is 10.2 Å². The van der Waals surface area contributed by atoms with Crippen LogP contribution in [0.5, 0.6) is 0 Å². The van der Waals surface area contributed by atoms with E-state index < -0.39 is 5.60 Å². The first-order valence-electron chi connectivity index (χ1n) is 7.66. The van der Waals surface area contributed by atoms with Crippen molar-refractivity contribution in [3.8, 4) is 0 Å². The van der Waals surface area contributed by atoms with Gasteiger partial charge in [0.05, 0.1) is 0 Å². The highest BCUT2D eigenvalue weighted by Crippen LogP contribution is 2.44. The Balaban J connectivity index is 1.68. The van der Waals surface area contributed by atoms with Crippen LogP contribution < -0.4 is 5.32 Å². The van der Waals surface area contributed by atoms with Crippen molar-refractivity contribution in [1.29, 1.82) is 0 Å². The van der Waals surface area contributed by atoms with Crippen LogP contribution in [0.25, 0.3) is 0 Å². The number of nitrogens with zero attached hydrogens (tertiary/aromatic N) is 1. The number of hydrogen-bond donors (Lipinski definition) is 2. The largest absolute Gasteiger partial charge is 0.444 e. The van der Waals surface area contributed by atoms with Gasteiger partial charge < -0.3 is 20.1 Å². The molecule has 0 spiro atoms. The third-order valence-electron chi connectivity index (χ3n) is 4.20. The van der Waals surface area contributed by atoms with Crippen LogP contribution in [0.4, 0.5) is 4.79 Å². The molecule has 0 aromatic rings. The first-order chi connectivity index (χ1) is 9.34. The van der Waals surface area contributed by atoms with Crippen molar-refractivity contribution >= 4 is 6.09 Å². The molecule has 5 nitrogen and oxygen atoms in total. The van der Waals surface area contributed by atoms with Gasteiger partial charge in [0.1, 0.15) is 5.60 Å². The van der Waals surface area contributed by atoms with Crippen LogP contribution in [-0.4, -0.2) is 54.0 Å². The molecule has 2 fully saturated rings. The number of nitrogens with one attached hydrogen (secondary N) is 1. The zero-order chi connectivity index (χ0) is 14.8. The number of rotatable bonds is 4. The van der Waals surface area contributed by atoms with Crippen LogP contribution in [0.15, 0.2) is 0 Å². The Morgan fingerprint density at radius 3 is 2.40 bits per heavy atom. The van der Waals surface area contributed by atoms with Gasteiger partial charge >= 0.3 is 6.09 Å². The van der Waals surface area contributed by atoms with E-state index in [1.165, 1.54) is 0 Å². The summed E-state index contributed by atoms with van der Waals surface area (Å²) in [6, 6.07) is 0.456. The zero-order valence-electron chi connectivity index (χ0n) is 12.9. The highest BCUT2D eigenvalue weighted by molar-refractivity contribution is 5.68.